The van der Waals surface area contributed by atoms with Crippen LogP contribution in [-0.2, 0) is 0 Å². The second kappa shape index (κ2) is 22.6. The van der Waals surface area contributed by atoms with Crippen molar-refractivity contribution in [3.63, 3.8) is 0 Å². The van der Waals surface area contributed by atoms with Gasteiger partial charge < -0.3 is 9.84 Å². The molecule has 2 heterocycles. The molecule has 2 atom stereocenters. The highest BCUT2D eigenvalue weighted by atomic mass is 79.9. The van der Waals surface area contributed by atoms with Gasteiger partial charge in [0.2, 0.25) is 0 Å². The molecule has 10 aromatic rings. The number of halogens is 5. The minimum Gasteiger partial charge on any atom is -0.506 e. The molecule has 2 unspecified atom stereocenters. The van der Waals surface area contributed by atoms with E-state index in [1.807, 2.05) is 36.4 Å². The van der Waals surface area contributed by atoms with Crippen LogP contribution in [-0.4, -0.2) is 37.0 Å². The average Bonchev–Trinajstić information content (AvgIpc) is 3.34. The zero-order valence-corrected chi connectivity index (χ0v) is 46.1. The van der Waals surface area contributed by atoms with E-state index in [1.165, 1.54) is 61.0 Å². The van der Waals surface area contributed by atoms with Crippen LogP contribution in [0.5, 0.6) is 11.5 Å². The molecule has 344 valence electrons. The van der Waals surface area contributed by atoms with E-state index in [0.717, 1.165) is 101 Å². The average molecular weight is 1210 g/mol. The lowest BCUT2D eigenvalue weighted by atomic mass is 9.99. The number of aromatic hydroxyl groups is 1. The molecule has 6 nitrogen and oxygen atoms in total. The number of phenols is 1. The molecule has 0 aliphatic rings. The first-order valence-corrected chi connectivity index (χ1v) is 27.5. The highest BCUT2D eigenvalue weighted by Crippen LogP contribution is 2.40. The Hall–Kier alpha value is -4.00. The predicted molar refractivity (Wildman–Crippen MR) is 302 cm³/mol. The summed E-state index contributed by atoms with van der Waals surface area (Å²) in [6.45, 7) is 9.71. The number of hydrogen-bond acceptors (Lipinski definition) is 6. The fraction of sp³-hybridized carbons (Fsp3) is 0.286. The summed E-state index contributed by atoms with van der Waals surface area (Å²) in [5, 5.41) is 20.2. The minimum atomic E-state index is 0.143. The molecule has 0 aliphatic heterocycles. The third-order valence-corrected chi connectivity index (χ3v) is 15.5. The number of fused-ring (bicyclic) bond motifs is 14. The van der Waals surface area contributed by atoms with Crippen LogP contribution in [0.15, 0.2) is 127 Å². The number of para-hydroxylation sites is 2. The van der Waals surface area contributed by atoms with Crippen molar-refractivity contribution >= 4 is 167 Å². The van der Waals surface area contributed by atoms with E-state index >= 15 is 0 Å². The Morgan fingerprint density at radius 2 is 0.866 bits per heavy atom. The van der Waals surface area contributed by atoms with Crippen molar-refractivity contribution in [3.05, 3.63) is 127 Å². The van der Waals surface area contributed by atoms with Crippen LogP contribution in [0.4, 0.5) is 0 Å². The van der Waals surface area contributed by atoms with Crippen molar-refractivity contribution in [2.45, 2.75) is 79.1 Å². The maximum Gasteiger partial charge on any atom is 0.147 e. The summed E-state index contributed by atoms with van der Waals surface area (Å²) >= 11 is 17.9. The lowest BCUT2D eigenvalue weighted by Gasteiger charge is -2.17. The van der Waals surface area contributed by atoms with E-state index in [2.05, 4.69) is 168 Å². The van der Waals surface area contributed by atoms with E-state index in [1.54, 1.807) is 12.1 Å². The van der Waals surface area contributed by atoms with Crippen LogP contribution in [0.2, 0.25) is 0 Å². The second-order valence-electron chi connectivity index (χ2n) is 17.2. The molecular weight excluding hydrogens is 1160 g/mol. The smallest absolute Gasteiger partial charge is 0.147 e. The van der Waals surface area contributed by atoms with Gasteiger partial charge in [-0.2, -0.15) is 0 Å². The molecule has 2 aromatic heterocycles. The van der Waals surface area contributed by atoms with Gasteiger partial charge in [-0.25, -0.2) is 19.9 Å². The second-order valence-corrected chi connectivity index (χ2v) is 21.5. The molecule has 0 aliphatic carbocycles. The van der Waals surface area contributed by atoms with Crippen molar-refractivity contribution in [2.24, 2.45) is 11.8 Å². The van der Waals surface area contributed by atoms with E-state index in [9.17, 15) is 5.11 Å². The van der Waals surface area contributed by atoms with E-state index in [-0.39, 0.29) is 5.75 Å². The number of alkyl halides is 1. The summed E-state index contributed by atoms with van der Waals surface area (Å²) in [5.74, 6) is 2.44. The number of aromatic nitrogens is 4. The van der Waals surface area contributed by atoms with Gasteiger partial charge in [0.15, 0.2) is 0 Å². The monoisotopic (exact) mass is 1210 g/mol. The molecule has 10 rings (SSSR count). The lowest BCUT2D eigenvalue weighted by Crippen LogP contribution is -2.11. The third kappa shape index (κ3) is 10.9. The molecule has 0 fully saturated rings. The Kier molecular flexibility index (Phi) is 16.7. The predicted octanol–water partition coefficient (Wildman–Crippen LogP) is 19.1. The quantitative estimate of drug-likeness (QED) is 0.0746. The van der Waals surface area contributed by atoms with Crippen molar-refractivity contribution < 1.29 is 9.84 Å². The summed E-state index contributed by atoms with van der Waals surface area (Å²) in [5.41, 5.74) is 6.32. The van der Waals surface area contributed by atoms with Crippen molar-refractivity contribution in [2.75, 3.05) is 11.9 Å². The van der Waals surface area contributed by atoms with Crippen molar-refractivity contribution in [1.82, 2.24) is 19.9 Å². The van der Waals surface area contributed by atoms with Crippen molar-refractivity contribution in [3.8, 4) is 11.5 Å². The fourth-order valence-electron chi connectivity index (χ4n) is 8.76. The molecule has 0 spiro atoms. The first-order chi connectivity index (χ1) is 32.5. The lowest BCUT2D eigenvalue weighted by molar-refractivity contribution is 0.235. The minimum absolute atomic E-state index is 0.143. The molecule has 8 aromatic carbocycles. The number of unbranched alkanes of at least 4 members (excludes halogenated alkanes) is 2. The van der Waals surface area contributed by atoms with Crippen LogP contribution >= 0.6 is 79.6 Å². The zero-order valence-electron chi connectivity index (χ0n) is 38.2. The molecule has 1 N–H and O–H groups in total. The standard InChI is InChI=1S/C28H26Br2N2O.C20H10Br2N2O.C8H17Br/c1-3-5-7-17(4-2)16-33-25-9-6-8-24-28(25)32-27-23-15-19(30)11-13-21(23)20-12-10-18(29)14-22(20)26(27)31-24;21-10-4-6-12-13-7-5-11(22)9-15(13)19-18(14(12)8-10)23-16-2-1-3-17(25)20(16)24-19;1-3-5-6-8(4-2)7-9/h6,8-15,17H,3-5,7,16H2,1-2H3;1-9,25H;8H,3-7H2,1-2H3. The highest BCUT2D eigenvalue weighted by molar-refractivity contribution is 9.11. The van der Waals surface area contributed by atoms with Crippen LogP contribution in [0, 0.1) is 11.8 Å². The summed E-state index contributed by atoms with van der Waals surface area (Å²) in [7, 11) is 0. The van der Waals surface area contributed by atoms with Gasteiger partial charge in [-0.15, -0.1) is 0 Å². The SMILES string of the molecule is CCCCC(CC)CBr.CCCCC(CC)COc1cccc2nc3c4cc(Br)ccc4c4ccc(Br)cc4c3nc12.Oc1cccc2nc3c4cc(Br)ccc4c4ccc(Br)cc4c3nc12. The van der Waals surface area contributed by atoms with Crippen molar-refractivity contribution in [1.29, 1.82) is 0 Å². The molecule has 67 heavy (non-hydrogen) atoms. The largest absolute Gasteiger partial charge is 0.506 e. The van der Waals surface area contributed by atoms with Gasteiger partial charge in [0.1, 0.15) is 22.5 Å². The molecule has 0 saturated carbocycles. The van der Waals surface area contributed by atoms with Gasteiger partial charge >= 0.3 is 0 Å². The molecular formula is C56H53Br5N4O2. The molecule has 0 bridgehead atoms. The van der Waals surface area contributed by atoms with Gasteiger partial charge in [-0.05, 0) is 119 Å². The van der Waals surface area contributed by atoms with Crippen LogP contribution in [0.1, 0.15) is 79.1 Å². The first kappa shape index (κ1) is 49.4. The van der Waals surface area contributed by atoms with Crippen LogP contribution in [0.3, 0.4) is 0 Å². The third-order valence-electron chi connectivity index (χ3n) is 12.6. The summed E-state index contributed by atoms with van der Waals surface area (Å²) in [4.78, 5) is 19.9. The zero-order chi connectivity index (χ0) is 47.2. The van der Waals surface area contributed by atoms with Gasteiger partial charge in [-0.1, -0.05) is 182 Å². The molecule has 0 saturated heterocycles. The Morgan fingerprint density at radius 3 is 1.30 bits per heavy atom. The maximum atomic E-state index is 10.2. The Labute approximate surface area is 434 Å². The van der Waals surface area contributed by atoms with Gasteiger partial charge in [0, 0.05) is 44.8 Å². The fourth-order valence-corrected chi connectivity index (χ4v) is 11.0. The molecule has 0 radical (unpaired) electrons. The Bertz CT molecular complexity index is 3400. The van der Waals surface area contributed by atoms with E-state index in [4.69, 9.17) is 24.7 Å². The number of ether oxygens (including phenoxy) is 1. The number of hydrogen-bond donors (Lipinski definition) is 1. The Morgan fingerprint density at radius 1 is 0.463 bits per heavy atom. The van der Waals surface area contributed by atoms with E-state index in [0.29, 0.717) is 23.6 Å². The molecule has 0 amide bonds. The first-order valence-electron chi connectivity index (χ1n) is 23.2. The topological polar surface area (TPSA) is 81.0 Å². The van der Waals surface area contributed by atoms with E-state index < -0.39 is 0 Å². The summed E-state index contributed by atoms with van der Waals surface area (Å²) < 4.78 is 10.4. The van der Waals surface area contributed by atoms with Gasteiger partial charge in [-0.3, -0.25) is 0 Å². The number of phenolic OH excluding ortho intramolecular Hbond substituents is 1. The summed E-state index contributed by atoms with van der Waals surface area (Å²) in [6, 6.07) is 36.5. The number of nitrogens with zero attached hydrogens (tertiary/aromatic N) is 4. The Balaban J connectivity index is 0.000000158. The van der Waals surface area contributed by atoms with Gasteiger partial charge in [0.05, 0.1) is 39.7 Å². The number of rotatable bonds is 12. The normalized spacial score (nSPS) is 12.5. The highest BCUT2D eigenvalue weighted by Gasteiger charge is 2.17. The van der Waals surface area contributed by atoms with Crippen LogP contribution < -0.4 is 4.74 Å². The summed E-state index contributed by atoms with van der Waals surface area (Å²) in [6.07, 6.45) is 10.2. The number of benzene rings is 8. The molecule has 11 heteroatoms. The maximum absolute atomic E-state index is 10.2. The van der Waals surface area contributed by atoms with Gasteiger partial charge in [0.25, 0.3) is 0 Å². The van der Waals surface area contributed by atoms with Crippen LogP contribution in [0.25, 0.3) is 87.2 Å².